The number of carbonyl (C=O) groups excluding carboxylic acids is 2. The van der Waals surface area contributed by atoms with E-state index < -0.39 is 20.5 Å². The highest BCUT2D eigenvalue weighted by atomic mass is 32.2. The van der Waals surface area contributed by atoms with Crippen molar-refractivity contribution in [2.45, 2.75) is 27.4 Å². The van der Waals surface area contributed by atoms with Crippen molar-refractivity contribution in [3.63, 3.8) is 0 Å². The number of amides is 2. The van der Waals surface area contributed by atoms with Gasteiger partial charge in [-0.3, -0.25) is 14.8 Å². The van der Waals surface area contributed by atoms with Crippen molar-refractivity contribution in [1.29, 1.82) is 0 Å². The van der Waals surface area contributed by atoms with Gasteiger partial charge in [-0.1, -0.05) is 12.1 Å². The van der Waals surface area contributed by atoms with E-state index in [0.29, 0.717) is 17.3 Å². The van der Waals surface area contributed by atoms with Gasteiger partial charge in [-0.05, 0) is 49.2 Å². The van der Waals surface area contributed by atoms with Crippen LogP contribution in [-0.4, -0.2) is 60.7 Å². The molecule has 0 aliphatic carbocycles. The van der Waals surface area contributed by atoms with E-state index in [1.807, 2.05) is 24.3 Å². The summed E-state index contributed by atoms with van der Waals surface area (Å²) in [5.74, 6) is -0.595. The lowest BCUT2D eigenvalue weighted by Gasteiger charge is -2.34. The second-order valence-electron chi connectivity index (χ2n) is 7.61. The second-order valence-corrected chi connectivity index (χ2v) is 12.1. The van der Waals surface area contributed by atoms with Crippen LogP contribution in [0.1, 0.15) is 22.6 Å². The minimum atomic E-state index is -4.05. The van der Waals surface area contributed by atoms with Gasteiger partial charge in [-0.25, -0.2) is 18.9 Å². The highest BCUT2D eigenvalue weighted by Gasteiger charge is 2.52. The van der Waals surface area contributed by atoms with Crippen LogP contribution in [0.15, 0.2) is 58.3 Å². The zero-order valence-corrected chi connectivity index (χ0v) is 20.5. The fourth-order valence-electron chi connectivity index (χ4n) is 3.74. The molecule has 1 aromatic heterocycles. The summed E-state index contributed by atoms with van der Waals surface area (Å²) in [5.41, 5.74) is 2.30. The molecule has 2 amide bonds. The smallest absolute Gasteiger partial charge is 0.280 e. The fraction of sp³-hybridized carbons (Fsp3) is 0.318. The average Bonchev–Trinajstić information content (AvgIpc) is 3.31. The van der Waals surface area contributed by atoms with Gasteiger partial charge in [0.1, 0.15) is 0 Å². The maximum Gasteiger partial charge on any atom is 0.280 e. The van der Waals surface area contributed by atoms with Crippen molar-refractivity contribution in [2.24, 2.45) is 0 Å². The van der Waals surface area contributed by atoms with Gasteiger partial charge in [0, 0.05) is 30.4 Å². The number of para-hydroxylation sites is 1. The predicted molar refractivity (Wildman–Crippen MR) is 129 cm³/mol. The van der Waals surface area contributed by atoms with Gasteiger partial charge in [0.2, 0.25) is 0 Å². The zero-order chi connectivity index (χ0) is 24.2. The summed E-state index contributed by atoms with van der Waals surface area (Å²) in [6, 6.07) is 13.8. The van der Waals surface area contributed by atoms with Crippen molar-refractivity contribution in [3.05, 3.63) is 53.5 Å². The molecule has 0 spiro atoms. The molecule has 2 aromatic carbocycles. The molecule has 1 aliphatic heterocycles. The molecule has 0 radical (unpaired) electrons. The number of sulfone groups is 1. The third kappa shape index (κ3) is 4.82. The van der Waals surface area contributed by atoms with Crippen LogP contribution in [0.4, 0.5) is 0 Å². The largest absolute Gasteiger partial charge is 0.381 e. The number of nitrogens with one attached hydrogen (secondary N) is 2. The maximum absolute atomic E-state index is 13.3. The predicted octanol–water partition coefficient (Wildman–Crippen LogP) is 2.65. The molecule has 4 rings (SSSR count). The van der Waals surface area contributed by atoms with Gasteiger partial charge >= 0.3 is 0 Å². The summed E-state index contributed by atoms with van der Waals surface area (Å²) in [6.45, 7) is 0.645. The standard InChI is InChI=1S/C22H23N3O6S3/c26-19(20-24-17-3-1-2-4-18(17)33-20)23-11-14-32-15-5-7-16(8-6-15)34(29,30)22(21(27)25-28)9-12-31-13-10-22/h1-8,28H,9-14H2,(H,23,26)(H,25,27). The van der Waals surface area contributed by atoms with E-state index >= 15 is 0 Å². The number of benzene rings is 2. The van der Waals surface area contributed by atoms with Gasteiger partial charge < -0.3 is 10.1 Å². The Labute approximate surface area is 204 Å². The van der Waals surface area contributed by atoms with E-state index in [4.69, 9.17) is 9.94 Å². The molecule has 1 aliphatic rings. The van der Waals surface area contributed by atoms with Gasteiger partial charge in [0.05, 0.1) is 15.1 Å². The van der Waals surface area contributed by atoms with Crippen molar-refractivity contribution < 1.29 is 28.0 Å². The number of fused-ring (bicyclic) bond motifs is 1. The summed E-state index contributed by atoms with van der Waals surface area (Å²) in [5, 5.41) is 12.4. The lowest BCUT2D eigenvalue weighted by Crippen LogP contribution is -2.54. The van der Waals surface area contributed by atoms with Crippen molar-refractivity contribution in [2.75, 3.05) is 25.5 Å². The van der Waals surface area contributed by atoms with Crippen molar-refractivity contribution in [1.82, 2.24) is 15.8 Å². The van der Waals surface area contributed by atoms with Gasteiger partial charge in [-0.2, -0.15) is 0 Å². The lowest BCUT2D eigenvalue weighted by atomic mass is 9.98. The summed E-state index contributed by atoms with van der Waals surface area (Å²) in [4.78, 5) is 29.8. The number of thiazole rings is 1. The van der Waals surface area contributed by atoms with E-state index in [0.717, 1.165) is 15.1 Å². The third-order valence-electron chi connectivity index (χ3n) is 5.61. The maximum atomic E-state index is 13.3. The molecule has 1 fully saturated rings. The summed E-state index contributed by atoms with van der Waals surface area (Å²) >= 11 is 2.80. The molecular formula is C22H23N3O6S3. The Kier molecular flexibility index (Phi) is 7.53. The van der Waals surface area contributed by atoms with Crippen LogP contribution >= 0.6 is 23.1 Å². The van der Waals surface area contributed by atoms with Crippen LogP contribution in [0, 0.1) is 0 Å². The summed E-state index contributed by atoms with van der Waals surface area (Å²) in [7, 11) is -4.05. The molecule has 3 N–H and O–H groups in total. The SMILES string of the molecule is O=C(NCCSc1ccc(S(=O)(=O)C2(C(=O)NO)CCOCC2)cc1)c1nc2ccccc2s1. The van der Waals surface area contributed by atoms with Crippen molar-refractivity contribution >= 4 is 55.0 Å². The number of aromatic nitrogens is 1. The minimum absolute atomic E-state index is 0.00601. The first-order valence-electron chi connectivity index (χ1n) is 10.5. The molecule has 0 bridgehead atoms. The van der Waals surface area contributed by atoms with Crippen LogP contribution < -0.4 is 10.8 Å². The summed E-state index contributed by atoms with van der Waals surface area (Å²) < 4.78 is 31.0. The Morgan fingerprint density at radius 1 is 1.12 bits per heavy atom. The topological polar surface area (TPSA) is 135 Å². The monoisotopic (exact) mass is 521 g/mol. The van der Waals surface area contributed by atoms with Gasteiger partial charge in [0.15, 0.2) is 19.6 Å². The fourth-order valence-corrected chi connectivity index (χ4v) is 7.33. The van der Waals surface area contributed by atoms with Crippen LogP contribution in [0.25, 0.3) is 10.2 Å². The van der Waals surface area contributed by atoms with E-state index in [1.165, 1.54) is 40.7 Å². The number of thioether (sulfide) groups is 1. The van der Waals surface area contributed by atoms with Crippen LogP contribution in [0.3, 0.4) is 0 Å². The second kappa shape index (κ2) is 10.4. The van der Waals surface area contributed by atoms with Crippen molar-refractivity contribution in [3.8, 4) is 0 Å². The van der Waals surface area contributed by atoms with Gasteiger partial charge in [-0.15, -0.1) is 23.1 Å². The first-order valence-corrected chi connectivity index (χ1v) is 13.8. The molecule has 12 heteroatoms. The Balaban J connectivity index is 1.35. The Morgan fingerprint density at radius 3 is 2.50 bits per heavy atom. The van der Waals surface area contributed by atoms with Gasteiger partial charge in [0.25, 0.3) is 11.8 Å². The Bertz CT molecular complexity index is 1250. The number of carbonyl (C=O) groups is 2. The molecule has 1 saturated heterocycles. The lowest BCUT2D eigenvalue weighted by molar-refractivity contribution is -0.134. The quantitative estimate of drug-likeness (QED) is 0.178. The number of hydrogen-bond acceptors (Lipinski definition) is 9. The zero-order valence-electron chi connectivity index (χ0n) is 18.0. The van der Waals surface area contributed by atoms with E-state index in [1.54, 1.807) is 12.1 Å². The molecule has 0 unspecified atom stereocenters. The molecule has 0 saturated carbocycles. The highest BCUT2D eigenvalue weighted by Crippen LogP contribution is 2.36. The van der Waals surface area contributed by atoms with E-state index in [9.17, 15) is 18.0 Å². The third-order valence-corrected chi connectivity index (χ3v) is 10.2. The Morgan fingerprint density at radius 2 is 1.82 bits per heavy atom. The van der Waals surface area contributed by atoms with Crippen LogP contribution in [0.5, 0.6) is 0 Å². The van der Waals surface area contributed by atoms with E-state index in [-0.39, 0.29) is 36.9 Å². The minimum Gasteiger partial charge on any atom is -0.381 e. The highest BCUT2D eigenvalue weighted by molar-refractivity contribution is 7.99. The molecule has 9 nitrogen and oxygen atoms in total. The Hall–Kier alpha value is -2.51. The van der Waals surface area contributed by atoms with E-state index in [2.05, 4.69) is 10.3 Å². The van der Waals surface area contributed by atoms with Crippen LogP contribution in [-0.2, 0) is 19.4 Å². The summed E-state index contributed by atoms with van der Waals surface area (Å²) in [6.07, 6.45) is -0.0703. The average molecular weight is 522 g/mol. The molecule has 0 atom stereocenters. The number of hydroxylamine groups is 1. The normalized spacial score (nSPS) is 15.7. The van der Waals surface area contributed by atoms with Crippen LogP contribution in [0.2, 0.25) is 0 Å². The molecule has 180 valence electrons. The first kappa shape index (κ1) is 24.6. The first-order chi connectivity index (χ1) is 16.4. The number of hydrogen-bond donors (Lipinski definition) is 3. The number of rotatable bonds is 8. The molecular weight excluding hydrogens is 498 g/mol. The molecule has 3 aromatic rings. The molecule has 2 heterocycles. The molecule has 34 heavy (non-hydrogen) atoms. The number of nitrogens with zero attached hydrogens (tertiary/aromatic N) is 1. The number of ether oxygens (including phenoxy) is 1.